The second-order valence-corrected chi connectivity index (χ2v) is 5.93. The van der Waals surface area contributed by atoms with Gasteiger partial charge in [-0.25, -0.2) is 0 Å². The van der Waals surface area contributed by atoms with Crippen LogP contribution in [0.1, 0.15) is 16.7 Å². The summed E-state index contributed by atoms with van der Waals surface area (Å²) >= 11 is 0. The van der Waals surface area contributed by atoms with Crippen LogP contribution in [0.4, 0.5) is 0 Å². The van der Waals surface area contributed by atoms with E-state index in [0.29, 0.717) is 17.2 Å². The number of nitrogens with zero attached hydrogens (tertiary/aromatic N) is 1. The third kappa shape index (κ3) is 3.26. The summed E-state index contributed by atoms with van der Waals surface area (Å²) in [5, 5.41) is 9.61. The average Bonchev–Trinajstić information content (AvgIpc) is 2.61. The standard InChI is InChI=1S/C19H23NO4/c1-22-17-10-19(24-3)18(23-2)9-15(17)12-20-7-6-13-8-16(21)5-4-14(13)11-20/h4-5,8-10,21H,6-7,11-12H2,1-3H3. The van der Waals surface area contributed by atoms with Gasteiger partial charge in [-0.15, -0.1) is 0 Å². The van der Waals surface area contributed by atoms with Gasteiger partial charge in [-0.2, -0.15) is 0 Å². The van der Waals surface area contributed by atoms with Gasteiger partial charge in [0.25, 0.3) is 0 Å². The first-order chi connectivity index (χ1) is 11.6. The molecule has 0 saturated heterocycles. The predicted molar refractivity (Wildman–Crippen MR) is 92.0 cm³/mol. The maximum Gasteiger partial charge on any atom is 0.164 e. The van der Waals surface area contributed by atoms with Gasteiger partial charge in [-0.05, 0) is 35.7 Å². The summed E-state index contributed by atoms with van der Waals surface area (Å²) in [5.41, 5.74) is 3.56. The van der Waals surface area contributed by atoms with Gasteiger partial charge >= 0.3 is 0 Å². The third-order valence-electron chi connectivity index (χ3n) is 4.46. The van der Waals surface area contributed by atoms with Gasteiger partial charge in [0.05, 0.1) is 21.3 Å². The molecule has 0 radical (unpaired) electrons. The van der Waals surface area contributed by atoms with Gasteiger partial charge in [-0.3, -0.25) is 4.90 Å². The van der Waals surface area contributed by atoms with Crippen LogP contribution in [0.15, 0.2) is 30.3 Å². The summed E-state index contributed by atoms with van der Waals surface area (Å²) in [6.45, 7) is 2.56. The minimum atomic E-state index is 0.337. The van der Waals surface area contributed by atoms with Crippen molar-refractivity contribution in [2.75, 3.05) is 27.9 Å². The third-order valence-corrected chi connectivity index (χ3v) is 4.46. The number of benzene rings is 2. The molecule has 0 unspecified atom stereocenters. The molecule has 1 aliphatic rings. The zero-order valence-electron chi connectivity index (χ0n) is 14.3. The average molecular weight is 329 g/mol. The van der Waals surface area contributed by atoms with E-state index in [1.807, 2.05) is 24.3 Å². The molecule has 1 aliphatic heterocycles. The smallest absolute Gasteiger partial charge is 0.164 e. The lowest BCUT2D eigenvalue weighted by Gasteiger charge is -2.29. The summed E-state index contributed by atoms with van der Waals surface area (Å²) in [6, 6.07) is 9.46. The fourth-order valence-electron chi connectivity index (χ4n) is 3.19. The van der Waals surface area contributed by atoms with Crippen molar-refractivity contribution >= 4 is 0 Å². The Hall–Kier alpha value is -2.40. The molecule has 1 N–H and O–H groups in total. The Balaban J connectivity index is 1.82. The zero-order chi connectivity index (χ0) is 17.1. The van der Waals surface area contributed by atoms with Gasteiger partial charge in [-0.1, -0.05) is 6.07 Å². The van der Waals surface area contributed by atoms with Crippen LogP contribution in [-0.4, -0.2) is 37.9 Å². The molecule has 0 saturated carbocycles. The van der Waals surface area contributed by atoms with Crippen molar-refractivity contribution < 1.29 is 19.3 Å². The monoisotopic (exact) mass is 329 g/mol. The number of rotatable bonds is 5. The van der Waals surface area contributed by atoms with Crippen LogP contribution in [-0.2, 0) is 19.5 Å². The van der Waals surface area contributed by atoms with E-state index in [1.165, 1.54) is 11.1 Å². The Morgan fingerprint density at radius 3 is 2.33 bits per heavy atom. The van der Waals surface area contributed by atoms with E-state index in [0.717, 1.165) is 37.4 Å². The molecule has 0 aliphatic carbocycles. The molecule has 5 nitrogen and oxygen atoms in total. The number of aromatic hydroxyl groups is 1. The van der Waals surface area contributed by atoms with E-state index in [9.17, 15) is 5.11 Å². The summed E-state index contributed by atoms with van der Waals surface area (Å²) in [5.74, 6) is 2.50. The molecule has 0 aromatic heterocycles. The lowest BCUT2D eigenvalue weighted by Crippen LogP contribution is -2.30. The molecular formula is C19H23NO4. The number of phenols is 1. The molecule has 0 spiro atoms. The molecule has 1 heterocycles. The fourth-order valence-corrected chi connectivity index (χ4v) is 3.19. The van der Waals surface area contributed by atoms with Crippen LogP contribution in [0.2, 0.25) is 0 Å². The lowest BCUT2D eigenvalue weighted by molar-refractivity contribution is 0.240. The molecule has 5 heteroatoms. The van der Waals surface area contributed by atoms with E-state index in [-0.39, 0.29) is 0 Å². The van der Waals surface area contributed by atoms with Crippen LogP contribution in [0.3, 0.4) is 0 Å². The highest BCUT2D eigenvalue weighted by molar-refractivity contribution is 5.50. The molecule has 2 aromatic carbocycles. The van der Waals surface area contributed by atoms with Gasteiger partial charge in [0.2, 0.25) is 0 Å². The van der Waals surface area contributed by atoms with Gasteiger partial charge < -0.3 is 19.3 Å². The van der Waals surface area contributed by atoms with Crippen molar-refractivity contribution in [1.29, 1.82) is 0 Å². The van der Waals surface area contributed by atoms with Gasteiger partial charge in [0.1, 0.15) is 11.5 Å². The number of hydrogen-bond donors (Lipinski definition) is 1. The first-order valence-electron chi connectivity index (χ1n) is 7.96. The largest absolute Gasteiger partial charge is 0.508 e. The number of hydrogen-bond acceptors (Lipinski definition) is 5. The quantitative estimate of drug-likeness (QED) is 0.914. The Labute approximate surface area is 142 Å². The Morgan fingerprint density at radius 1 is 0.917 bits per heavy atom. The second-order valence-electron chi connectivity index (χ2n) is 5.93. The first kappa shape index (κ1) is 16.5. The van der Waals surface area contributed by atoms with Gasteiger partial charge in [0, 0.05) is 31.3 Å². The molecule has 0 atom stereocenters. The summed E-state index contributed by atoms with van der Waals surface area (Å²) < 4.78 is 16.3. The van der Waals surface area contributed by atoms with Gasteiger partial charge in [0.15, 0.2) is 11.5 Å². The summed E-state index contributed by atoms with van der Waals surface area (Å²) in [7, 11) is 4.92. The highest BCUT2D eigenvalue weighted by Crippen LogP contribution is 2.36. The highest BCUT2D eigenvalue weighted by Gasteiger charge is 2.19. The van der Waals surface area contributed by atoms with Crippen LogP contribution in [0, 0.1) is 0 Å². The first-order valence-corrected chi connectivity index (χ1v) is 7.96. The van der Waals surface area contributed by atoms with Crippen LogP contribution in [0.25, 0.3) is 0 Å². The summed E-state index contributed by atoms with van der Waals surface area (Å²) in [6.07, 6.45) is 0.930. The maximum atomic E-state index is 9.61. The minimum absolute atomic E-state index is 0.337. The Kier molecular flexibility index (Phi) is 4.81. The van der Waals surface area contributed by atoms with E-state index in [1.54, 1.807) is 27.4 Å². The van der Waals surface area contributed by atoms with E-state index >= 15 is 0 Å². The van der Waals surface area contributed by atoms with Crippen LogP contribution < -0.4 is 14.2 Å². The minimum Gasteiger partial charge on any atom is -0.508 e. The second kappa shape index (κ2) is 7.01. The number of fused-ring (bicyclic) bond motifs is 1. The molecule has 2 aromatic rings. The van der Waals surface area contributed by atoms with Crippen LogP contribution >= 0.6 is 0 Å². The fraction of sp³-hybridized carbons (Fsp3) is 0.368. The molecule has 3 rings (SSSR count). The molecule has 128 valence electrons. The predicted octanol–water partition coefficient (Wildman–Crippen LogP) is 2.98. The SMILES string of the molecule is COc1cc(OC)c(OC)cc1CN1CCc2cc(O)ccc2C1. The summed E-state index contributed by atoms with van der Waals surface area (Å²) in [4.78, 5) is 2.36. The van der Waals surface area contributed by atoms with Crippen molar-refractivity contribution in [3.05, 3.63) is 47.0 Å². The number of ether oxygens (including phenoxy) is 3. The normalized spacial score (nSPS) is 14.1. The zero-order valence-corrected chi connectivity index (χ0v) is 14.3. The van der Waals surface area contributed by atoms with E-state index < -0.39 is 0 Å². The van der Waals surface area contributed by atoms with Crippen molar-refractivity contribution in [3.63, 3.8) is 0 Å². The molecule has 0 bridgehead atoms. The van der Waals surface area contributed by atoms with Crippen LogP contribution in [0.5, 0.6) is 23.0 Å². The Morgan fingerprint density at radius 2 is 1.62 bits per heavy atom. The molecular weight excluding hydrogens is 306 g/mol. The van der Waals surface area contributed by atoms with E-state index in [2.05, 4.69) is 4.90 Å². The van der Waals surface area contributed by atoms with Crippen molar-refractivity contribution in [3.8, 4) is 23.0 Å². The molecule has 0 fully saturated rings. The maximum absolute atomic E-state index is 9.61. The molecule has 24 heavy (non-hydrogen) atoms. The number of methoxy groups -OCH3 is 3. The van der Waals surface area contributed by atoms with Crippen molar-refractivity contribution in [2.45, 2.75) is 19.5 Å². The number of phenolic OH excluding ortho intramolecular Hbond substituents is 1. The highest BCUT2D eigenvalue weighted by atomic mass is 16.5. The van der Waals surface area contributed by atoms with Crippen molar-refractivity contribution in [2.24, 2.45) is 0 Å². The molecule has 0 amide bonds. The Bertz CT molecular complexity index is 730. The topological polar surface area (TPSA) is 51.2 Å². The lowest BCUT2D eigenvalue weighted by atomic mass is 9.99. The van der Waals surface area contributed by atoms with Crippen molar-refractivity contribution in [1.82, 2.24) is 4.90 Å². The van der Waals surface area contributed by atoms with E-state index in [4.69, 9.17) is 14.2 Å².